The molecular weight excluding hydrogens is 222 g/mol. The monoisotopic (exact) mass is 245 g/mol. The standard InChI is InChI=1S/C12H23NO2S/c1-9(2)16-8-7-12(3,11(14)15-4)13-10-5-6-10/h9-10,13H,5-8H2,1-4H3. The van der Waals surface area contributed by atoms with Crippen LogP contribution in [-0.4, -0.2) is 35.7 Å². The molecule has 0 bridgehead atoms. The van der Waals surface area contributed by atoms with Crippen LogP contribution in [0.3, 0.4) is 0 Å². The van der Waals surface area contributed by atoms with Gasteiger partial charge in [-0.15, -0.1) is 0 Å². The number of hydrogen-bond donors (Lipinski definition) is 1. The van der Waals surface area contributed by atoms with Gasteiger partial charge in [0.25, 0.3) is 0 Å². The normalized spacial score (nSPS) is 19.6. The van der Waals surface area contributed by atoms with Crippen LogP contribution in [-0.2, 0) is 9.53 Å². The van der Waals surface area contributed by atoms with Crippen molar-refractivity contribution in [2.24, 2.45) is 0 Å². The molecule has 16 heavy (non-hydrogen) atoms. The van der Waals surface area contributed by atoms with Crippen LogP contribution in [0.5, 0.6) is 0 Å². The Kier molecular flexibility index (Phi) is 5.12. The molecule has 1 N–H and O–H groups in total. The number of nitrogens with one attached hydrogen (secondary N) is 1. The Labute approximate surface area is 103 Å². The zero-order valence-electron chi connectivity index (χ0n) is 10.7. The zero-order chi connectivity index (χ0) is 12.2. The van der Waals surface area contributed by atoms with Crippen LogP contribution in [0.2, 0.25) is 0 Å². The van der Waals surface area contributed by atoms with E-state index in [0.717, 1.165) is 12.2 Å². The summed E-state index contributed by atoms with van der Waals surface area (Å²) in [6.45, 7) is 6.31. The molecule has 0 heterocycles. The van der Waals surface area contributed by atoms with Gasteiger partial charge in [0.05, 0.1) is 7.11 Å². The average molecular weight is 245 g/mol. The highest BCUT2D eigenvalue weighted by Crippen LogP contribution is 2.26. The fourth-order valence-corrected chi connectivity index (χ4v) is 2.63. The number of thioether (sulfide) groups is 1. The number of rotatable bonds is 7. The highest BCUT2D eigenvalue weighted by atomic mass is 32.2. The lowest BCUT2D eigenvalue weighted by atomic mass is 9.99. The molecule has 0 aliphatic heterocycles. The van der Waals surface area contributed by atoms with Gasteiger partial charge in [-0.1, -0.05) is 13.8 Å². The van der Waals surface area contributed by atoms with Crippen LogP contribution in [0.4, 0.5) is 0 Å². The first-order valence-corrected chi connectivity index (χ1v) is 7.00. The molecule has 0 aromatic carbocycles. The van der Waals surface area contributed by atoms with Crippen LogP contribution >= 0.6 is 11.8 Å². The second-order valence-corrected chi connectivity index (χ2v) is 6.60. The lowest BCUT2D eigenvalue weighted by molar-refractivity contribution is -0.148. The van der Waals surface area contributed by atoms with Crippen LogP contribution in [0, 0.1) is 0 Å². The minimum Gasteiger partial charge on any atom is -0.468 e. The largest absolute Gasteiger partial charge is 0.468 e. The Morgan fingerprint density at radius 2 is 2.19 bits per heavy atom. The van der Waals surface area contributed by atoms with E-state index in [1.807, 2.05) is 18.7 Å². The summed E-state index contributed by atoms with van der Waals surface area (Å²) in [5.41, 5.74) is -0.502. The van der Waals surface area contributed by atoms with Gasteiger partial charge in [0, 0.05) is 6.04 Å². The number of carbonyl (C=O) groups is 1. The topological polar surface area (TPSA) is 38.3 Å². The van der Waals surface area contributed by atoms with Crippen molar-refractivity contribution in [2.75, 3.05) is 12.9 Å². The van der Waals surface area contributed by atoms with Crippen LogP contribution in [0.15, 0.2) is 0 Å². The molecule has 0 aromatic rings. The molecule has 3 nitrogen and oxygen atoms in total. The molecule has 1 fully saturated rings. The van der Waals surface area contributed by atoms with Gasteiger partial charge >= 0.3 is 5.97 Å². The third-order valence-electron chi connectivity index (χ3n) is 2.79. The Morgan fingerprint density at radius 1 is 1.56 bits per heavy atom. The number of hydrogen-bond acceptors (Lipinski definition) is 4. The molecule has 1 aliphatic carbocycles. The van der Waals surface area contributed by atoms with E-state index < -0.39 is 5.54 Å². The lowest BCUT2D eigenvalue weighted by Gasteiger charge is -2.28. The maximum absolute atomic E-state index is 11.8. The number of methoxy groups -OCH3 is 1. The van der Waals surface area contributed by atoms with Crippen molar-refractivity contribution in [3.8, 4) is 0 Å². The smallest absolute Gasteiger partial charge is 0.325 e. The van der Waals surface area contributed by atoms with Gasteiger partial charge in [0.2, 0.25) is 0 Å². The molecule has 94 valence electrons. The molecule has 1 saturated carbocycles. The Morgan fingerprint density at radius 3 is 2.62 bits per heavy atom. The molecule has 1 aliphatic rings. The first kappa shape index (κ1) is 13.8. The van der Waals surface area contributed by atoms with Crippen LogP contribution in [0.1, 0.15) is 40.0 Å². The van der Waals surface area contributed by atoms with Crippen LogP contribution in [0.25, 0.3) is 0 Å². The van der Waals surface area contributed by atoms with Crippen LogP contribution < -0.4 is 5.32 Å². The third-order valence-corrected chi connectivity index (χ3v) is 3.90. The van der Waals surface area contributed by atoms with E-state index in [2.05, 4.69) is 19.2 Å². The maximum atomic E-state index is 11.8. The molecule has 1 rings (SSSR count). The fraction of sp³-hybridized carbons (Fsp3) is 0.917. The van der Waals surface area contributed by atoms with Crippen molar-refractivity contribution in [1.82, 2.24) is 5.32 Å². The van der Waals surface area contributed by atoms with Gasteiger partial charge in [-0.2, -0.15) is 11.8 Å². The van der Waals surface area contributed by atoms with Crippen molar-refractivity contribution >= 4 is 17.7 Å². The molecule has 0 aromatic heterocycles. The number of esters is 1. The SMILES string of the molecule is COC(=O)C(C)(CCSC(C)C)NC1CC1. The van der Waals surface area contributed by atoms with Gasteiger partial charge in [-0.25, -0.2) is 0 Å². The van der Waals surface area contributed by atoms with E-state index in [9.17, 15) is 4.79 Å². The second kappa shape index (κ2) is 5.92. The van der Waals surface area contributed by atoms with Crippen molar-refractivity contribution in [3.63, 3.8) is 0 Å². The van der Waals surface area contributed by atoms with E-state index in [0.29, 0.717) is 11.3 Å². The molecule has 4 heteroatoms. The Hall–Kier alpha value is -0.220. The van der Waals surface area contributed by atoms with Gasteiger partial charge < -0.3 is 4.74 Å². The van der Waals surface area contributed by atoms with Crippen molar-refractivity contribution in [1.29, 1.82) is 0 Å². The first-order chi connectivity index (χ1) is 7.48. The summed E-state index contributed by atoms with van der Waals surface area (Å²) in [5, 5.41) is 4.02. The lowest BCUT2D eigenvalue weighted by Crippen LogP contribution is -2.51. The minimum absolute atomic E-state index is 0.135. The van der Waals surface area contributed by atoms with E-state index in [4.69, 9.17) is 4.74 Å². The predicted molar refractivity (Wildman–Crippen MR) is 68.8 cm³/mol. The minimum atomic E-state index is -0.502. The molecule has 0 radical (unpaired) electrons. The van der Waals surface area contributed by atoms with Gasteiger partial charge in [-0.3, -0.25) is 10.1 Å². The molecule has 0 amide bonds. The number of carbonyl (C=O) groups excluding carboxylic acids is 1. The van der Waals surface area contributed by atoms with E-state index >= 15 is 0 Å². The highest BCUT2D eigenvalue weighted by molar-refractivity contribution is 7.99. The third kappa shape index (κ3) is 4.34. The summed E-state index contributed by atoms with van der Waals surface area (Å²) < 4.78 is 4.89. The molecule has 1 atom stereocenters. The number of ether oxygens (including phenoxy) is 1. The summed E-state index contributed by atoms with van der Waals surface area (Å²) in [7, 11) is 1.46. The quantitative estimate of drug-likeness (QED) is 0.698. The van der Waals surface area contributed by atoms with Crippen molar-refractivity contribution in [3.05, 3.63) is 0 Å². The maximum Gasteiger partial charge on any atom is 0.325 e. The highest BCUT2D eigenvalue weighted by Gasteiger charge is 2.38. The second-order valence-electron chi connectivity index (χ2n) is 4.91. The summed E-state index contributed by atoms with van der Waals surface area (Å²) in [5.74, 6) is 0.854. The summed E-state index contributed by atoms with van der Waals surface area (Å²) in [6, 6.07) is 0.521. The van der Waals surface area contributed by atoms with Gasteiger partial charge in [-0.05, 0) is 37.2 Å². The van der Waals surface area contributed by atoms with Crippen molar-refractivity contribution < 1.29 is 9.53 Å². The Bertz CT molecular complexity index is 241. The molecule has 0 saturated heterocycles. The first-order valence-electron chi connectivity index (χ1n) is 5.95. The molecule has 0 spiro atoms. The van der Waals surface area contributed by atoms with E-state index in [1.54, 1.807) is 0 Å². The Balaban J connectivity index is 2.44. The average Bonchev–Trinajstić information content (AvgIpc) is 2.99. The fourth-order valence-electron chi connectivity index (χ4n) is 1.64. The summed E-state index contributed by atoms with van der Waals surface area (Å²) in [6.07, 6.45) is 3.20. The van der Waals surface area contributed by atoms with Crippen molar-refractivity contribution in [2.45, 2.75) is 56.9 Å². The van der Waals surface area contributed by atoms with E-state index in [-0.39, 0.29) is 5.97 Å². The molecule has 1 unspecified atom stereocenters. The predicted octanol–water partition coefficient (Wildman–Crippen LogP) is 2.20. The van der Waals surface area contributed by atoms with Gasteiger partial charge in [0.15, 0.2) is 0 Å². The van der Waals surface area contributed by atoms with E-state index in [1.165, 1.54) is 20.0 Å². The zero-order valence-corrected chi connectivity index (χ0v) is 11.5. The molecular formula is C12H23NO2S. The van der Waals surface area contributed by atoms with Gasteiger partial charge in [0.1, 0.15) is 5.54 Å². The summed E-state index contributed by atoms with van der Waals surface area (Å²) in [4.78, 5) is 11.8. The summed E-state index contributed by atoms with van der Waals surface area (Å²) >= 11 is 1.89.